The first-order valence-electron chi connectivity index (χ1n) is 9.95. The minimum absolute atomic E-state index is 0.0299. The average Bonchev–Trinajstić information content (AvgIpc) is 2.73. The van der Waals surface area contributed by atoms with Gasteiger partial charge >= 0.3 is 0 Å². The number of aryl methyl sites for hydroxylation is 1. The first kappa shape index (κ1) is 18.4. The number of aromatic amines is 1. The van der Waals surface area contributed by atoms with E-state index in [1.54, 1.807) is 24.5 Å². The van der Waals surface area contributed by atoms with Gasteiger partial charge in [0.15, 0.2) is 0 Å². The molecule has 4 rings (SSSR count). The molecule has 1 saturated carbocycles. The highest BCUT2D eigenvalue weighted by molar-refractivity contribution is 5.94. The summed E-state index contributed by atoms with van der Waals surface area (Å²) in [5, 5.41) is 0.986. The first-order valence-corrected chi connectivity index (χ1v) is 9.95. The third-order valence-corrected chi connectivity index (χ3v) is 5.62. The number of fused-ring (bicyclic) bond motifs is 1. The van der Waals surface area contributed by atoms with Crippen molar-refractivity contribution in [2.45, 2.75) is 51.6 Å². The largest absolute Gasteiger partial charge is 0.331 e. The fraction of sp³-hybridized carbons (Fsp3) is 0.348. The van der Waals surface area contributed by atoms with E-state index in [0.717, 1.165) is 42.1 Å². The van der Waals surface area contributed by atoms with Crippen molar-refractivity contribution >= 4 is 16.8 Å². The van der Waals surface area contributed by atoms with Crippen molar-refractivity contribution in [1.29, 1.82) is 0 Å². The van der Waals surface area contributed by atoms with Crippen LogP contribution >= 0.6 is 0 Å². The van der Waals surface area contributed by atoms with Crippen molar-refractivity contribution in [3.8, 4) is 0 Å². The second-order valence-electron chi connectivity index (χ2n) is 7.68. The summed E-state index contributed by atoms with van der Waals surface area (Å²) in [6.07, 6.45) is 8.71. The van der Waals surface area contributed by atoms with Gasteiger partial charge in [0, 0.05) is 35.1 Å². The number of hydrogen-bond donors (Lipinski definition) is 1. The van der Waals surface area contributed by atoms with Gasteiger partial charge in [0.05, 0.1) is 6.54 Å². The number of carbonyl (C=O) groups excluding carboxylic acids is 1. The van der Waals surface area contributed by atoms with Gasteiger partial charge in [0.1, 0.15) is 0 Å². The quantitative estimate of drug-likeness (QED) is 0.743. The summed E-state index contributed by atoms with van der Waals surface area (Å²) in [6, 6.07) is 11.6. The molecule has 0 spiro atoms. The Hall–Kier alpha value is -2.95. The van der Waals surface area contributed by atoms with Crippen LogP contribution in [0.15, 0.2) is 53.6 Å². The van der Waals surface area contributed by atoms with E-state index < -0.39 is 0 Å². The van der Waals surface area contributed by atoms with Crippen molar-refractivity contribution < 1.29 is 4.79 Å². The lowest BCUT2D eigenvalue weighted by molar-refractivity contribution is 0.0613. The number of rotatable bonds is 4. The zero-order valence-electron chi connectivity index (χ0n) is 16.1. The second kappa shape index (κ2) is 7.97. The Morgan fingerprint density at radius 3 is 2.61 bits per heavy atom. The van der Waals surface area contributed by atoms with Gasteiger partial charge in [-0.2, -0.15) is 0 Å². The molecule has 1 aromatic carbocycles. The predicted octanol–water partition coefficient (Wildman–Crippen LogP) is 4.21. The van der Waals surface area contributed by atoms with Gasteiger partial charge in [-0.25, -0.2) is 0 Å². The minimum atomic E-state index is -0.124. The maximum atomic E-state index is 13.3. The van der Waals surface area contributed by atoms with Crippen LogP contribution in [-0.4, -0.2) is 26.8 Å². The van der Waals surface area contributed by atoms with E-state index in [0.29, 0.717) is 17.7 Å². The number of aromatic nitrogens is 2. The van der Waals surface area contributed by atoms with Crippen LogP contribution in [0.1, 0.15) is 53.6 Å². The molecule has 0 radical (unpaired) electrons. The molecule has 1 amide bonds. The van der Waals surface area contributed by atoms with E-state index in [9.17, 15) is 9.59 Å². The molecule has 0 aliphatic heterocycles. The number of nitrogens with zero attached hydrogens (tertiary/aromatic N) is 2. The Kier molecular flexibility index (Phi) is 5.24. The van der Waals surface area contributed by atoms with Gasteiger partial charge in [-0.15, -0.1) is 0 Å². The molecule has 144 valence electrons. The predicted molar refractivity (Wildman–Crippen MR) is 110 cm³/mol. The van der Waals surface area contributed by atoms with Crippen molar-refractivity contribution in [1.82, 2.24) is 14.9 Å². The highest BCUT2D eigenvalue weighted by atomic mass is 16.2. The maximum Gasteiger partial charge on any atom is 0.254 e. The van der Waals surface area contributed by atoms with Crippen LogP contribution in [0.4, 0.5) is 0 Å². The molecule has 0 saturated heterocycles. The number of amides is 1. The van der Waals surface area contributed by atoms with E-state index in [-0.39, 0.29) is 17.5 Å². The lowest BCUT2D eigenvalue weighted by Gasteiger charge is -2.34. The van der Waals surface area contributed by atoms with E-state index in [4.69, 9.17) is 0 Å². The minimum Gasteiger partial charge on any atom is -0.331 e. The smallest absolute Gasteiger partial charge is 0.254 e. The second-order valence-corrected chi connectivity index (χ2v) is 7.68. The normalized spacial score (nSPS) is 14.9. The number of nitrogens with one attached hydrogen (secondary N) is 1. The lowest BCUT2D eigenvalue weighted by Crippen LogP contribution is -2.42. The van der Waals surface area contributed by atoms with Crippen LogP contribution in [0.3, 0.4) is 0 Å². The Morgan fingerprint density at radius 1 is 1.11 bits per heavy atom. The molecule has 1 aliphatic carbocycles. The molecule has 1 fully saturated rings. The fourth-order valence-electron chi connectivity index (χ4n) is 4.08. The highest BCUT2D eigenvalue weighted by Crippen LogP contribution is 2.25. The van der Waals surface area contributed by atoms with Crippen LogP contribution in [0.2, 0.25) is 0 Å². The van der Waals surface area contributed by atoms with Crippen LogP contribution in [-0.2, 0) is 6.54 Å². The van der Waals surface area contributed by atoms with Crippen molar-refractivity contribution in [3.63, 3.8) is 0 Å². The molecular formula is C23H25N3O2. The van der Waals surface area contributed by atoms with Gasteiger partial charge in [0.2, 0.25) is 0 Å². The number of H-pyrrole nitrogens is 1. The highest BCUT2D eigenvalue weighted by Gasteiger charge is 2.27. The van der Waals surface area contributed by atoms with Crippen LogP contribution < -0.4 is 5.56 Å². The summed E-state index contributed by atoms with van der Waals surface area (Å²) in [5.74, 6) is -0.0299. The maximum absolute atomic E-state index is 13.3. The number of pyridine rings is 2. The third kappa shape index (κ3) is 3.84. The van der Waals surface area contributed by atoms with E-state index >= 15 is 0 Å². The Bertz CT molecular complexity index is 1040. The van der Waals surface area contributed by atoms with Crippen molar-refractivity contribution in [2.24, 2.45) is 0 Å². The molecule has 1 aliphatic rings. The Balaban J connectivity index is 1.70. The van der Waals surface area contributed by atoms with E-state index in [1.165, 1.54) is 6.42 Å². The third-order valence-electron chi connectivity index (χ3n) is 5.62. The van der Waals surface area contributed by atoms with Gasteiger partial charge in [0.25, 0.3) is 11.5 Å². The van der Waals surface area contributed by atoms with E-state index in [2.05, 4.69) is 9.97 Å². The molecule has 28 heavy (non-hydrogen) atoms. The Labute approximate surface area is 164 Å². The molecule has 5 heteroatoms. The average molecular weight is 375 g/mol. The Morgan fingerprint density at radius 2 is 1.86 bits per heavy atom. The van der Waals surface area contributed by atoms with Gasteiger partial charge in [-0.1, -0.05) is 31.4 Å². The summed E-state index contributed by atoms with van der Waals surface area (Å²) in [5.41, 5.74) is 3.06. The molecule has 5 nitrogen and oxygen atoms in total. The first-order chi connectivity index (χ1) is 13.6. The molecule has 0 unspecified atom stereocenters. The summed E-state index contributed by atoms with van der Waals surface area (Å²) in [7, 11) is 0. The summed E-state index contributed by atoms with van der Waals surface area (Å²) in [4.78, 5) is 34.9. The summed E-state index contributed by atoms with van der Waals surface area (Å²) in [6.45, 7) is 2.33. The van der Waals surface area contributed by atoms with Crippen LogP contribution in [0.5, 0.6) is 0 Å². The lowest BCUT2D eigenvalue weighted by atomic mass is 9.93. The zero-order chi connectivity index (χ0) is 19.5. The zero-order valence-corrected chi connectivity index (χ0v) is 16.1. The van der Waals surface area contributed by atoms with Gasteiger partial charge < -0.3 is 9.88 Å². The number of carbonyl (C=O) groups is 1. The topological polar surface area (TPSA) is 66.1 Å². The molecule has 1 N–H and O–H groups in total. The molecule has 0 atom stereocenters. The van der Waals surface area contributed by atoms with Crippen molar-refractivity contribution in [3.05, 3.63) is 75.8 Å². The molecular weight excluding hydrogens is 350 g/mol. The SMILES string of the molecule is Cc1ccc2cc(CN(C(=O)c3ccncc3)C3CCCCC3)c(=O)[nH]c2c1. The molecule has 2 heterocycles. The van der Waals surface area contributed by atoms with Gasteiger partial charge in [-0.3, -0.25) is 14.6 Å². The summed E-state index contributed by atoms with van der Waals surface area (Å²) < 4.78 is 0. The fourth-order valence-corrected chi connectivity index (χ4v) is 4.08. The van der Waals surface area contributed by atoms with Crippen LogP contribution in [0.25, 0.3) is 10.9 Å². The molecule has 2 aromatic heterocycles. The number of benzene rings is 1. The van der Waals surface area contributed by atoms with E-state index in [1.807, 2.05) is 36.1 Å². The molecule has 3 aromatic rings. The van der Waals surface area contributed by atoms with Crippen LogP contribution in [0, 0.1) is 6.92 Å². The van der Waals surface area contributed by atoms with Crippen molar-refractivity contribution in [2.75, 3.05) is 0 Å². The molecule has 0 bridgehead atoms. The standard InChI is InChI=1S/C23H25N3O2/c1-16-7-8-18-14-19(22(27)25-21(18)13-16)15-26(20-5-3-2-4-6-20)23(28)17-9-11-24-12-10-17/h7-14,20H,2-6,15H2,1H3,(H,25,27). The summed E-state index contributed by atoms with van der Waals surface area (Å²) >= 11 is 0. The number of hydrogen-bond acceptors (Lipinski definition) is 3. The van der Waals surface area contributed by atoms with Gasteiger partial charge in [-0.05, 0) is 55.0 Å². The monoisotopic (exact) mass is 375 g/mol.